The van der Waals surface area contributed by atoms with E-state index in [1.54, 1.807) is 0 Å². The van der Waals surface area contributed by atoms with Gasteiger partial charge in [0, 0.05) is 30.8 Å². The average molecular weight is 293 g/mol. The highest BCUT2D eigenvalue weighted by atomic mass is 16.5. The highest BCUT2D eigenvalue weighted by molar-refractivity contribution is 5.87. The number of morpholine rings is 1. The van der Waals surface area contributed by atoms with Gasteiger partial charge < -0.3 is 9.47 Å². The van der Waals surface area contributed by atoms with Gasteiger partial charge >= 0.3 is 0 Å². The third kappa shape index (κ3) is 2.65. The topological polar surface area (TPSA) is 21.7 Å². The van der Waals surface area contributed by atoms with E-state index in [-0.39, 0.29) is 0 Å². The molecule has 0 radical (unpaired) electrons. The molecule has 2 aliphatic heterocycles. The maximum absolute atomic E-state index is 6.13. The molecule has 3 nitrogen and oxygen atoms in total. The van der Waals surface area contributed by atoms with E-state index in [2.05, 4.69) is 35.2 Å². The first-order valence-corrected chi connectivity index (χ1v) is 7.77. The lowest BCUT2D eigenvalue weighted by molar-refractivity contribution is 0.0444. The first-order chi connectivity index (χ1) is 10.9. The molecule has 4 rings (SSSR count). The molecule has 2 heterocycles. The molecule has 1 fully saturated rings. The van der Waals surface area contributed by atoms with Crippen LogP contribution in [0.3, 0.4) is 0 Å². The molecule has 22 heavy (non-hydrogen) atoms. The Labute approximate surface area is 130 Å². The van der Waals surface area contributed by atoms with Crippen molar-refractivity contribution in [3.05, 3.63) is 59.7 Å². The molecule has 112 valence electrons. The number of rotatable bonds is 2. The molecule has 1 saturated heterocycles. The van der Waals surface area contributed by atoms with Crippen LogP contribution < -0.4 is 4.74 Å². The van der Waals surface area contributed by atoms with Crippen LogP contribution >= 0.6 is 0 Å². The summed E-state index contributed by atoms with van der Waals surface area (Å²) in [7, 11) is 0. The lowest BCUT2D eigenvalue weighted by Crippen LogP contribution is -2.37. The fourth-order valence-corrected chi connectivity index (χ4v) is 3.03. The van der Waals surface area contributed by atoms with Crippen LogP contribution in [0.15, 0.2) is 48.5 Å². The third-order valence-electron chi connectivity index (χ3n) is 4.20. The van der Waals surface area contributed by atoms with Crippen molar-refractivity contribution in [1.82, 2.24) is 4.90 Å². The van der Waals surface area contributed by atoms with E-state index in [1.807, 2.05) is 24.3 Å². The minimum absolute atomic E-state index is 0.821. The van der Waals surface area contributed by atoms with Gasteiger partial charge in [0.05, 0.1) is 13.2 Å². The molecule has 0 unspecified atom stereocenters. The monoisotopic (exact) mass is 293 g/mol. The molecule has 0 bridgehead atoms. The van der Waals surface area contributed by atoms with E-state index in [0.29, 0.717) is 0 Å². The number of hydrogen-bond donors (Lipinski definition) is 0. The van der Waals surface area contributed by atoms with E-state index in [0.717, 1.165) is 49.9 Å². The van der Waals surface area contributed by atoms with Crippen molar-refractivity contribution in [1.29, 1.82) is 0 Å². The summed E-state index contributed by atoms with van der Waals surface area (Å²) in [5, 5.41) is 0. The Bertz CT molecular complexity index is 702. The van der Waals surface area contributed by atoms with E-state index >= 15 is 0 Å². The molecule has 0 aliphatic carbocycles. The molecule has 0 spiro atoms. The second-order valence-corrected chi connectivity index (χ2v) is 5.69. The zero-order chi connectivity index (χ0) is 14.8. The first-order valence-electron chi connectivity index (χ1n) is 7.77. The van der Waals surface area contributed by atoms with Crippen molar-refractivity contribution in [2.75, 3.05) is 32.8 Å². The molecular formula is C19H19NO2. The van der Waals surface area contributed by atoms with E-state index < -0.39 is 0 Å². The van der Waals surface area contributed by atoms with Crippen LogP contribution in [0.1, 0.15) is 11.1 Å². The molecule has 0 saturated carbocycles. The standard InChI is InChI=1S/C19H19NO2/c1-3-7-18-15(5-1)13-16(14-20-9-11-21-12-10-20)17-6-2-4-8-19(17)22-18/h1-8,13H,9-12,14H2. The van der Waals surface area contributed by atoms with E-state index in [9.17, 15) is 0 Å². The van der Waals surface area contributed by atoms with Gasteiger partial charge in [-0.3, -0.25) is 4.90 Å². The summed E-state index contributed by atoms with van der Waals surface area (Å²) in [4.78, 5) is 2.44. The van der Waals surface area contributed by atoms with Crippen LogP contribution in [0.5, 0.6) is 11.5 Å². The largest absolute Gasteiger partial charge is 0.456 e. The number of ether oxygens (including phenoxy) is 2. The molecule has 0 N–H and O–H groups in total. The summed E-state index contributed by atoms with van der Waals surface area (Å²) in [5.74, 6) is 1.86. The van der Waals surface area contributed by atoms with Crippen LogP contribution in [0, 0.1) is 0 Å². The number of hydrogen-bond acceptors (Lipinski definition) is 3. The van der Waals surface area contributed by atoms with Gasteiger partial charge in [-0.05, 0) is 23.8 Å². The Morgan fingerprint density at radius 3 is 2.45 bits per heavy atom. The number of benzene rings is 2. The predicted octanol–water partition coefficient (Wildman–Crippen LogP) is 3.67. The number of para-hydroxylation sites is 2. The molecule has 0 aromatic heterocycles. The molecule has 2 aromatic rings. The summed E-state index contributed by atoms with van der Waals surface area (Å²) in [6.07, 6.45) is 2.26. The predicted molar refractivity (Wildman–Crippen MR) is 88.1 cm³/mol. The van der Waals surface area contributed by atoms with Gasteiger partial charge in [-0.1, -0.05) is 36.4 Å². The van der Waals surface area contributed by atoms with E-state index in [4.69, 9.17) is 9.47 Å². The van der Waals surface area contributed by atoms with Crippen LogP contribution in [0.4, 0.5) is 0 Å². The molecule has 0 atom stereocenters. The molecular weight excluding hydrogens is 274 g/mol. The number of fused-ring (bicyclic) bond motifs is 2. The summed E-state index contributed by atoms with van der Waals surface area (Å²) in [6.45, 7) is 4.55. The Kier molecular flexibility index (Phi) is 3.67. The normalized spacial score (nSPS) is 17.7. The Hall–Kier alpha value is -2.10. The van der Waals surface area contributed by atoms with Crippen LogP contribution in [-0.4, -0.2) is 37.7 Å². The average Bonchev–Trinajstić information content (AvgIpc) is 2.72. The van der Waals surface area contributed by atoms with E-state index in [1.165, 1.54) is 11.1 Å². The fraction of sp³-hybridized carbons (Fsp3) is 0.263. The zero-order valence-corrected chi connectivity index (χ0v) is 12.5. The SMILES string of the molecule is C1=C(CN2CCOCC2)c2ccccc2Oc2ccccc21. The van der Waals surface area contributed by atoms with Gasteiger partial charge in [0.2, 0.25) is 0 Å². The maximum Gasteiger partial charge on any atom is 0.135 e. The lowest BCUT2D eigenvalue weighted by atomic mass is 10.0. The van der Waals surface area contributed by atoms with Gasteiger partial charge in [0.15, 0.2) is 0 Å². The van der Waals surface area contributed by atoms with Crippen molar-refractivity contribution in [2.45, 2.75) is 0 Å². The smallest absolute Gasteiger partial charge is 0.135 e. The Morgan fingerprint density at radius 2 is 1.59 bits per heavy atom. The van der Waals surface area contributed by atoms with Crippen LogP contribution in [0.2, 0.25) is 0 Å². The zero-order valence-electron chi connectivity index (χ0n) is 12.5. The van der Waals surface area contributed by atoms with Gasteiger partial charge in [-0.15, -0.1) is 0 Å². The van der Waals surface area contributed by atoms with Crippen LogP contribution in [0.25, 0.3) is 11.6 Å². The molecule has 2 aromatic carbocycles. The Balaban J connectivity index is 1.74. The first kappa shape index (κ1) is 13.6. The summed E-state index contributed by atoms with van der Waals surface area (Å²) < 4.78 is 11.6. The van der Waals surface area contributed by atoms with Gasteiger partial charge in [-0.2, -0.15) is 0 Å². The van der Waals surface area contributed by atoms with Gasteiger partial charge in [-0.25, -0.2) is 0 Å². The Morgan fingerprint density at radius 1 is 0.864 bits per heavy atom. The minimum atomic E-state index is 0.821. The second-order valence-electron chi connectivity index (χ2n) is 5.69. The van der Waals surface area contributed by atoms with Crippen molar-refractivity contribution >= 4 is 11.6 Å². The quantitative estimate of drug-likeness (QED) is 0.843. The van der Waals surface area contributed by atoms with Crippen molar-refractivity contribution in [2.24, 2.45) is 0 Å². The highest BCUT2D eigenvalue weighted by Crippen LogP contribution is 2.37. The minimum Gasteiger partial charge on any atom is -0.456 e. The molecule has 2 aliphatic rings. The van der Waals surface area contributed by atoms with Crippen molar-refractivity contribution in [3.8, 4) is 11.5 Å². The van der Waals surface area contributed by atoms with Gasteiger partial charge in [0.25, 0.3) is 0 Å². The second kappa shape index (κ2) is 5.95. The molecule has 0 amide bonds. The maximum atomic E-state index is 6.13. The highest BCUT2D eigenvalue weighted by Gasteiger charge is 2.19. The summed E-state index contributed by atoms with van der Waals surface area (Å²) >= 11 is 0. The van der Waals surface area contributed by atoms with Gasteiger partial charge in [0.1, 0.15) is 11.5 Å². The summed E-state index contributed by atoms with van der Waals surface area (Å²) in [5.41, 5.74) is 3.63. The van der Waals surface area contributed by atoms with Crippen LogP contribution in [-0.2, 0) is 4.74 Å². The lowest BCUT2D eigenvalue weighted by Gasteiger charge is -2.27. The third-order valence-corrected chi connectivity index (χ3v) is 4.20. The fourth-order valence-electron chi connectivity index (χ4n) is 3.03. The van der Waals surface area contributed by atoms with Crippen molar-refractivity contribution in [3.63, 3.8) is 0 Å². The van der Waals surface area contributed by atoms with Crippen molar-refractivity contribution < 1.29 is 9.47 Å². The summed E-state index contributed by atoms with van der Waals surface area (Å²) in [6, 6.07) is 16.5. The molecule has 3 heteroatoms. The number of nitrogens with zero attached hydrogens (tertiary/aromatic N) is 1.